The molecule has 0 aromatic carbocycles. The van der Waals surface area contributed by atoms with E-state index in [1.54, 1.807) is 0 Å². The molecule has 0 heterocycles. The third kappa shape index (κ3) is 53.4. The number of amides is 1. The van der Waals surface area contributed by atoms with E-state index in [-0.39, 0.29) is 31.5 Å². The predicted octanol–water partition coefficient (Wildman–Crippen LogP) is 18.2. The fraction of sp³-hybridized carbons (Fsp3) is 0.934. The number of nitrogens with one attached hydrogen (secondary N) is 1. The van der Waals surface area contributed by atoms with Crippen LogP contribution in [0, 0.1) is 0 Å². The van der Waals surface area contributed by atoms with Gasteiger partial charge in [0.25, 0.3) is 7.82 Å². The molecular weight excluding hydrogens is 904 g/mol. The lowest BCUT2D eigenvalue weighted by molar-refractivity contribution is -0.870. The van der Waals surface area contributed by atoms with Crippen LogP contribution in [0.15, 0.2) is 12.2 Å². The van der Waals surface area contributed by atoms with Crippen molar-refractivity contribution in [1.29, 1.82) is 0 Å². The molecule has 0 fully saturated rings. The van der Waals surface area contributed by atoms with Crippen LogP contribution < -0.4 is 10.2 Å². The lowest BCUT2D eigenvalue weighted by Gasteiger charge is -2.30. The van der Waals surface area contributed by atoms with Crippen LogP contribution in [0.25, 0.3) is 0 Å². The van der Waals surface area contributed by atoms with Crippen molar-refractivity contribution in [2.24, 2.45) is 0 Å². The summed E-state index contributed by atoms with van der Waals surface area (Å²) >= 11 is 0. The van der Waals surface area contributed by atoms with Gasteiger partial charge in [0, 0.05) is 12.8 Å². The molecule has 0 aromatic rings. The predicted molar refractivity (Wildman–Crippen MR) is 303 cm³/mol. The van der Waals surface area contributed by atoms with E-state index >= 15 is 0 Å². The number of allylic oxidation sites excluding steroid dienone is 1. The van der Waals surface area contributed by atoms with Gasteiger partial charge in [-0.2, -0.15) is 0 Å². The average Bonchev–Trinajstić information content (AvgIpc) is 3.33. The maximum atomic E-state index is 13.5. The molecule has 422 valence electrons. The number of quaternary nitrogens is 1. The van der Waals surface area contributed by atoms with Gasteiger partial charge in [0.1, 0.15) is 19.3 Å². The van der Waals surface area contributed by atoms with Gasteiger partial charge < -0.3 is 28.5 Å². The number of hydrogen-bond donors (Lipinski definition) is 1. The Morgan fingerprint density at radius 3 is 1.15 bits per heavy atom. The van der Waals surface area contributed by atoms with Gasteiger partial charge in [-0.05, 0) is 31.8 Å². The van der Waals surface area contributed by atoms with Crippen molar-refractivity contribution >= 4 is 19.7 Å². The molecule has 10 heteroatoms. The molecule has 9 nitrogen and oxygen atoms in total. The van der Waals surface area contributed by atoms with Crippen molar-refractivity contribution in [2.45, 2.75) is 328 Å². The van der Waals surface area contributed by atoms with E-state index in [0.29, 0.717) is 17.4 Å². The van der Waals surface area contributed by atoms with Gasteiger partial charge in [-0.3, -0.25) is 14.2 Å². The van der Waals surface area contributed by atoms with Gasteiger partial charge in [-0.25, -0.2) is 0 Å². The summed E-state index contributed by atoms with van der Waals surface area (Å²) < 4.78 is 30.3. The van der Waals surface area contributed by atoms with Crippen molar-refractivity contribution in [3.05, 3.63) is 12.2 Å². The molecule has 3 unspecified atom stereocenters. The Labute approximate surface area is 441 Å². The minimum absolute atomic E-state index is 0.0168. The first kappa shape index (κ1) is 69.8. The summed E-state index contributed by atoms with van der Waals surface area (Å²) in [5.41, 5.74) is 0. The summed E-state index contributed by atoms with van der Waals surface area (Å²) in [5.74, 6) is -0.519. The van der Waals surface area contributed by atoms with Crippen molar-refractivity contribution < 1.29 is 37.3 Å². The summed E-state index contributed by atoms with van der Waals surface area (Å²) in [7, 11) is 1.21. The first-order chi connectivity index (χ1) is 34.4. The fourth-order valence-electron chi connectivity index (χ4n) is 9.41. The van der Waals surface area contributed by atoms with Crippen LogP contribution in [0.3, 0.4) is 0 Å². The van der Waals surface area contributed by atoms with E-state index in [1.807, 2.05) is 33.3 Å². The number of nitrogens with zero attached hydrogens (tertiary/aromatic N) is 1. The number of esters is 1. The highest BCUT2D eigenvalue weighted by Crippen LogP contribution is 2.38. The molecule has 0 aliphatic heterocycles. The molecule has 1 amide bonds. The third-order valence-electron chi connectivity index (χ3n) is 14.2. The first-order valence-corrected chi connectivity index (χ1v) is 32.5. The number of carbonyl (C=O) groups excluding carboxylic acids is 2. The summed E-state index contributed by atoms with van der Waals surface area (Å²) in [5, 5.41) is 3.04. The third-order valence-corrected chi connectivity index (χ3v) is 15.2. The largest absolute Gasteiger partial charge is 0.756 e. The normalized spacial score (nSPS) is 13.7. The van der Waals surface area contributed by atoms with Gasteiger partial charge in [0.2, 0.25) is 5.91 Å². The first-order valence-electron chi connectivity index (χ1n) is 31.0. The summed E-state index contributed by atoms with van der Waals surface area (Å²) in [6, 6.07) is -0.878. The lowest BCUT2D eigenvalue weighted by atomic mass is 10.0. The highest BCUT2D eigenvalue weighted by atomic mass is 31.2. The zero-order valence-electron chi connectivity index (χ0n) is 48.2. The van der Waals surface area contributed by atoms with Crippen molar-refractivity contribution in [2.75, 3.05) is 40.9 Å². The van der Waals surface area contributed by atoms with Crippen LogP contribution in [0.1, 0.15) is 316 Å². The quantitative estimate of drug-likeness (QED) is 0.0212. The van der Waals surface area contributed by atoms with Crippen LogP contribution in [-0.2, 0) is 27.9 Å². The molecule has 0 aliphatic rings. The number of rotatable bonds is 57. The second-order valence-electron chi connectivity index (χ2n) is 22.6. The van der Waals surface area contributed by atoms with Gasteiger partial charge in [0.15, 0.2) is 0 Å². The van der Waals surface area contributed by atoms with E-state index in [0.717, 1.165) is 57.8 Å². The summed E-state index contributed by atoms with van der Waals surface area (Å²) in [6.07, 6.45) is 58.8. The average molecular weight is 1030 g/mol. The minimum atomic E-state index is -4.69. The lowest BCUT2D eigenvalue weighted by Crippen LogP contribution is -2.47. The zero-order valence-corrected chi connectivity index (χ0v) is 49.1. The molecule has 3 atom stereocenters. The van der Waals surface area contributed by atoms with Gasteiger partial charge >= 0.3 is 5.97 Å². The summed E-state index contributed by atoms with van der Waals surface area (Å²) in [4.78, 5) is 39.9. The fourth-order valence-corrected chi connectivity index (χ4v) is 10.1. The number of carbonyl (C=O) groups is 2. The second-order valence-corrected chi connectivity index (χ2v) is 24.0. The molecule has 0 rings (SSSR count). The number of phosphoric acid groups is 1. The molecule has 0 radical (unpaired) electrons. The molecule has 71 heavy (non-hydrogen) atoms. The van der Waals surface area contributed by atoms with Gasteiger partial charge in [-0.15, -0.1) is 0 Å². The highest BCUT2D eigenvalue weighted by molar-refractivity contribution is 7.45. The maximum Gasteiger partial charge on any atom is 0.306 e. The Morgan fingerprint density at radius 1 is 0.479 bits per heavy atom. The van der Waals surface area contributed by atoms with Crippen molar-refractivity contribution in [3.63, 3.8) is 0 Å². The van der Waals surface area contributed by atoms with E-state index in [4.69, 9.17) is 13.8 Å². The topological polar surface area (TPSA) is 114 Å². The van der Waals surface area contributed by atoms with Crippen molar-refractivity contribution in [1.82, 2.24) is 5.32 Å². The van der Waals surface area contributed by atoms with E-state index in [2.05, 4.69) is 26.1 Å². The molecule has 1 N–H and O–H groups in total. The van der Waals surface area contributed by atoms with Crippen LogP contribution in [0.5, 0.6) is 0 Å². The Bertz CT molecular complexity index is 1230. The van der Waals surface area contributed by atoms with Crippen LogP contribution in [-0.4, -0.2) is 69.4 Å². The summed E-state index contributed by atoms with van der Waals surface area (Å²) in [6.45, 7) is 6.89. The number of likely N-dealkylation sites (N-methyl/N-ethyl adjacent to an activating group) is 1. The Balaban J connectivity index is 5.23. The molecule has 0 aliphatic carbocycles. The minimum Gasteiger partial charge on any atom is -0.756 e. The molecular formula is C61H121N2O7P. The Morgan fingerprint density at radius 2 is 0.803 bits per heavy atom. The maximum absolute atomic E-state index is 13.5. The SMILES string of the molecule is CCCCCCCCCCCC/C=C/C(OC(=O)CCCCCCCCCCCCCCCCCCC)C(COP(=O)([O-])OCC[N+](C)(C)C)NC(=O)CCCCCCCCCCCCCCCCCC. The number of unbranched alkanes of at least 4 members (excludes halogenated alkanes) is 41. The number of hydrogen-bond acceptors (Lipinski definition) is 7. The van der Waals surface area contributed by atoms with Crippen LogP contribution >= 0.6 is 7.82 Å². The van der Waals surface area contributed by atoms with Crippen LogP contribution in [0.2, 0.25) is 0 Å². The molecule has 0 bridgehead atoms. The van der Waals surface area contributed by atoms with Crippen molar-refractivity contribution in [3.8, 4) is 0 Å². The Hall–Kier alpha value is -1.25. The Kier molecular flexibility index (Phi) is 51.3. The molecule has 0 aromatic heterocycles. The van der Waals surface area contributed by atoms with Gasteiger partial charge in [0.05, 0.1) is 33.8 Å². The van der Waals surface area contributed by atoms with E-state index in [1.165, 1.54) is 225 Å². The molecule has 0 spiro atoms. The zero-order chi connectivity index (χ0) is 52.2. The smallest absolute Gasteiger partial charge is 0.306 e. The molecule has 0 saturated carbocycles. The second kappa shape index (κ2) is 52.2. The monoisotopic (exact) mass is 1020 g/mol. The van der Waals surface area contributed by atoms with Gasteiger partial charge in [-0.1, -0.05) is 284 Å². The highest BCUT2D eigenvalue weighted by Gasteiger charge is 2.27. The van der Waals surface area contributed by atoms with Crippen LogP contribution in [0.4, 0.5) is 0 Å². The molecule has 0 saturated heterocycles. The van der Waals surface area contributed by atoms with E-state index < -0.39 is 20.0 Å². The number of phosphoric ester groups is 1. The number of ether oxygens (including phenoxy) is 1. The van der Waals surface area contributed by atoms with E-state index in [9.17, 15) is 19.0 Å². The standard InChI is InChI=1S/C61H121N2O7P/c1-7-10-13-16-19-22-25-28-30-32-34-36-39-42-45-48-51-54-61(65)70-59(52-49-46-43-40-37-27-24-21-18-15-12-9-3)58(57-69-71(66,67)68-56-55-63(4,5)6)62-60(64)53-50-47-44-41-38-35-33-31-29-26-23-20-17-14-11-8-2/h49,52,58-59H,7-48,50-51,53-57H2,1-6H3,(H-,62,64,66,67)/b52-49+.